The van der Waals surface area contributed by atoms with Crippen molar-refractivity contribution < 1.29 is 14.7 Å². The van der Waals surface area contributed by atoms with Crippen molar-refractivity contribution in [3.05, 3.63) is 29.6 Å². The van der Waals surface area contributed by atoms with Gasteiger partial charge in [-0.05, 0) is 19.4 Å². The number of amides is 1. The molecule has 0 aliphatic carbocycles. The summed E-state index contributed by atoms with van der Waals surface area (Å²) in [5.74, 6) is -0.975. The van der Waals surface area contributed by atoms with Gasteiger partial charge in [-0.2, -0.15) is 5.10 Å². The lowest BCUT2D eigenvalue weighted by molar-refractivity contribution is -0.130. The lowest BCUT2D eigenvalue weighted by Crippen LogP contribution is -2.30. The average molecular weight is 263 g/mol. The third-order valence-electron chi connectivity index (χ3n) is 3.11. The second-order valence-electron chi connectivity index (χ2n) is 4.49. The van der Waals surface area contributed by atoms with E-state index in [0.29, 0.717) is 26.1 Å². The van der Waals surface area contributed by atoms with E-state index in [1.54, 1.807) is 15.6 Å². The first-order valence-corrected chi connectivity index (χ1v) is 6.30. The van der Waals surface area contributed by atoms with Crippen LogP contribution >= 0.6 is 0 Å². The van der Waals surface area contributed by atoms with Crippen molar-refractivity contribution in [2.75, 3.05) is 6.54 Å². The van der Waals surface area contributed by atoms with Crippen molar-refractivity contribution >= 4 is 11.9 Å². The van der Waals surface area contributed by atoms with E-state index in [4.69, 9.17) is 5.11 Å². The van der Waals surface area contributed by atoms with Crippen LogP contribution in [0.3, 0.4) is 0 Å². The van der Waals surface area contributed by atoms with Gasteiger partial charge >= 0.3 is 5.97 Å². The van der Waals surface area contributed by atoms with Crippen molar-refractivity contribution in [2.45, 2.75) is 32.9 Å². The van der Waals surface area contributed by atoms with Gasteiger partial charge in [0.15, 0.2) is 5.69 Å². The Morgan fingerprint density at radius 2 is 2.26 bits per heavy atom. The number of fused-ring (bicyclic) bond motifs is 1. The fourth-order valence-electron chi connectivity index (χ4n) is 2.13. The summed E-state index contributed by atoms with van der Waals surface area (Å²) in [5, 5.41) is 13.0. The first kappa shape index (κ1) is 13.3. The van der Waals surface area contributed by atoms with Crippen LogP contribution in [0.25, 0.3) is 0 Å². The van der Waals surface area contributed by atoms with Crippen LogP contribution in [0.4, 0.5) is 0 Å². The molecule has 0 saturated carbocycles. The van der Waals surface area contributed by atoms with Gasteiger partial charge in [-0.1, -0.05) is 12.2 Å². The number of allylic oxidation sites excluding steroid dienone is 1. The van der Waals surface area contributed by atoms with Gasteiger partial charge in [-0.15, -0.1) is 0 Å². The standard InChI is InChI=1S/C13H17N3O3/c1-2-3-5-12(17)15-6-4-7-16-10(9-15)8-11(14-16)13(18)19/h2-3,8H,4-7,9H2,1H3,(H,18,19)/b3-2+. The number of aryl methyl sites for hydroxylation is 1. The highest BCUT2D eigenvalue weighted by atomic mass is 16.4. The smallest absolute Gasteiger partial charge is 0.356 e. The molecule has 0 fully saturated rings. The fraction of sp³-hybridized carbons (Fsp3) is 0.462. The minimum absolute atomic E-state index is 0.0396. The zero-order valence-electron chi connectivity index (χ0n) is 10.9. The molecule has 1 aliphatic rings. The summed E-state index contributed by atoms with van der Waals surface area (Å²) in [7, 11) is 0. The summed E-state index contributed by atoms with van der Waals surface area (Å²) < 4.78 is 1.69. The number of carbonyl (C=O) groups is 2. The molecule has 1 amide bonds. The van der Waals surface area contributed by atoms with E-state index >= 15 is 0 Å². The van der Waals surface area contributed by atoms with Gasteiger partial charge in [0.2, 0.25) is 5.91 Å². The van der Waals surface area contributed by atoms with Crippen LogP contribution in [-0.4, -0.2) is 38.2 Å². The van der Waals surface area contributed by atoms with E-state index in [1.165, 1.54) is 0 Å². The number of rotatable bonds is 3. The maximum absolute atomic E-state index is 12.0. The van der Waals surface area contributed by atoms with Crippen molar-refractivity contribution in [3.63, 3.8) is 0 Å². The number of carbonyl (C=O) groups excluding carboxylic acids is 1. The fourth-order valence-corrected chi connectivity index (χ4v) is 2.13. The largest absolute Gasteiger partial charge is 0.476 e. The number of hydrogen-bond acceptors (Lipinski definition) is 3. The topological polar surface area (TPSA) is 75.4 Å². The second kappa shape index (κ2) is 5.69. The van der Waals surface area contributed by atoms with Crippen LogP contribution in [0.15, 0.2) is 18.2 Å². The monoisotopic (exact) mass is 263 g/mol. The Balaban J connectivity index is 2.15. The maximum Gasteiger partial charge on any atom is 0.356 e. The van der Waals surface area contributed by atoms with E-state index in [0.717, 1.165) is 12.1 Å². The molecule has 0 saturated heterocycles. The van der Waals surface area contributed by atoms with Gasteiger partial charge in [0.1, 0.15) is 0 Å². The number of nitrogens with zero attached hydrogens (tertiary/aromatic N) is 3. The number of carboxylic acids is 1. The molecule has 0 unspecified atom stereocenters. The highest BCUT2D eigenvalue weighted by Gasteiger charge is 2.21. The summed E-state index contributed by atoms with van der Waals surface area (Å²) >= 11 is 0. The Hall–Kier alpha value is -2.11. The van der Waals surface area contributed by atoms with Crippen LogP contribution in [-0.2, 0) is 17.9 Å². The summed E-state index contributed by atoms with van der Waals surface area (Å²) in [6, 6.07) is 1.55. The Morgan fingerprint density at radius 3 is 2.95 bits per heavy atom. The van der Waals surface area contributed by atoms with Crippen LogP contribution < -0.4 is 0 Å². The van der Waals surface area contributed by atoms with Crippen LogP contribution in [0, 0.1) is 0 Å². The van der Waals surface area contributed by atoms with Crippen LogP contribution in [0.2, 0.25) is 0 Å². The summed E-state index contributed by atoms with van der Waals surface area (Å²) in [6.07, 6.45) is 4.85. The van der Waals surface area contributed by atoms with E-state index < -0.39 is 5.97 Å². The Bertz CT molecular complexity index is 519. The molecule has 1 aromatic rings. The van der Waals surface area contributed by atoms with Crippen LogP contribution in [0.5, 0.6) is 0 Å². The van der Waals surface area contributed by atoms with Crippen molar-refractivity contribution in [1.82, 2.24) is 14.7 Å². The van der Waals surface area contributed by atoms with Crippen molar-refractivity contribution in [2.24, 2.45) is 0 Å². The zero-order chi connectivity index (χ0) is 13.8. The van der Waals surface area contributed by atoms with E-state index in [1.807, 2.05) is 19.1 Å². The SMILES string of the molecule is C/C=C/CC(=O)N1CCCn2nc(C(=O)O)cc2C1. The first-order chi connectivity index (χ1) is 9.11. The normalized spacial score (nSPS) is 15.3. The molecule has 2 rings (SSSR count). The molecule has 1 aliphatic heterocycles. The van der Waals surface area contributed by atoms with Gasteiger partial charge in [0.05, 0.1) is 12.2 Å². The third-order valence-corrected chi connectivity index (χ3v) is 3.11. The summed E-state index contributed by atoms with van der Waals surface area (Å²) in [6.45, 7) is 3.64. The lowest BCUT2D eigenvalue weighted by Gasteiger charge is -2.19. The molecular weight excluding hydrogens is 246 g/mol. The van der Waals surface area contributed by atoms with E-state index in [-0.39, 0.29) is 11.6 Å². The molecule has 0 radical (unpaired) electrons. The molecule has 19 heavy (non-hydrogen) atoms. The molecular formula is C13H17N3O3. The minimum atomic E-state index is -1.03. The molecule has 0 spiro atoms. The van der Waals surface area contributed by atoms with E-state index in [2.05, 4.69) is 5.10 Å². The Morgan fingerprint density at radius 1 is 1.47 bits per heavy atom. The van der Waals surface area contributed by atoms with E-state index in [9.17, 15) is 9.59 Å². The van der Waals surface area contributed by atoms with Crippen molar-refractivity contribution in [1.29, 1.82) is 0 Å². The average Bonchev–Trinajstić information content (AvgIpc) is 2.68. The predicted molar refractivity (Wildman–Crippen MR) is 68.7 cm³/mol. The zero-order valence-corrected chi connectivity index (χ0v) is 10.9. The minimum Gasteiger partial charge on any atom is -0.476 e. The highest BCUT2D eigenvalue weighted by Crippen LogP contribution is 2.14. The lowest BCUT2D eigenvalue weighted by atomic mass is 10.3. The molecule has 6 nitrogen and oxygen atoms in total. The number of aromatic carboxylic acids is 1. The summed E-state index contributed by atoms with van der Waals surface area (Å²) in [4.78, 5) is 24.6. The molecule has 0 atom stereocenters. The van der Waals surface area contributed by atoms with Gasteiger partial charge < -0.3 is 10.0 Å². The second-order valence-corrected chi connectivity index (χ2v) is 4.49. The van der Waals surface area contributed by atoms with Gasteiger partial charge in [0.25, 0.3) is 0 Å². The number of hydrogen-bond donors (Lipinski definition) is 1. The van der Waals surface area contributed by atoms with Gasteiger partial charge in [-0.3, -0.25) is 9.48 Å². The molecule has 2 heterocycles. The van der Waals surface area contributed by atoms with Gasteiger partial charge in [0, 0.05) is 19.5 Å². The third kappa shape index (κ3) is 3.01. The Labute approximate surface area is 111 Å². The van der Waals surface area contributed by atoms with Crippen LogP contribution in [0.1, 0.15) is 35.9 Å². The quantitative estimate of drug-likeness (QED) is 0.833. The molecule has 1 N–H and O–H groups in total. The number of carboxylic acid groups (broad SMARTS) is 1. The Kier molecular flexibility index (Phi) is 3.99. The highest BCUT2D eigenvalue weighted by molar-refractivity contribution is 5.85. The number of aromatic nitrogens is 2. The molecule has 0 bridgehead atoms. The van der Waals surface area contributed by atoms with Gasteiger partial charge in [-0.25, -0.2) is 4.79 Å². The first-order valence-electron chi connectivity index (χ1n) is 6.30. The molecule has 1 aromatic heterocycles. The molecule has 0 aromatic carbocycles. The van der Waals surface area contributed by atoms with Crippen molar-refractivity contribution in [3.8, 4) is 0 Å². The summed E-state index contributed by atoms with van der Waals surface area (Å²) in [5.41, 5.74) is 0.821. The molecule has 6 heteroatoms. The maximum atomic E-state index is 12.0. The molecule has 102 valence electrons. The predicted octanol–water partition coefficient (Wildman–Crippen LogP) is 1.28.